The lowest BCUT2D eigenvalue weighted by Gasteiger charge is -2.27. The predicted molar refractivity (Wildman–Crippen MR) is 76.1 cm³/mol. The summed E-state index contributed by atoms with van der Waals surface area (Å²) < 4.78 is 26.5. The second-order valence-corrected chi connectivity index (χ2v) is 4.85. The standard InChI is InChI=1S/C16H18F2N2/c1-20(11-12-4-2-6-14(17)8-12)16(10-19)13-5-3-7-15(18)9-13/h2-9,16H,10-11,19H2,1H3. The molecular weight excluding hydrogens is 258 g/mol. The van der Waals surface area contributed by atoms with E-state index in [0.717, 1.165) is 11.1 Å². The number of nitrogens with two attached hydrogens (primary N) is 1. The van der Waals surface area contributed by atoms with Crippen molar-refractivity contribution in [3.63, 3.8) is 0 Å². The molecule has 0 saturated carbocycles. The van der Waals surface area contributed by atoms with Gasteiger partial charge in [0.1, 0.15) is 11.6 Å². The summed E-state index contributed by atoms with van der Waals surface area (Å²) in [5.74, 6) is -0.536. The quantitative estimate of drug-likeness (QED) is 0.909. The number of hydrogen-bond acceptors (Lipinski definition) is 2. The molecular formula is C16H18F2N2. The van der Waals surface area contributed by atoms with E-state index >= 15 is 0 Å². The topological polar surface area (TPSA) is 29.3 Å². The van der Waals surface area contributed by atoms with E-state index in [9.17, 15) is 8.78 Å². The van der Waals surface area contributed by atoms with Gasteiger partial charge in [-0.3, -0.25) is 4.90 Å². The summed E-state index contributed by atoms with van der Waals surface area (Å²) in [5, 5.41) is 0. The predicted octanol–water partition coefficient (Wildman–Crippen LogP) is 3.10. The van der Waals surface area contributed by atoms with Gasteiger partial charge in [-0.05, 0) is 42.4 Å². The first kappa shape index (κ1) is 14.6. The fourth-order valence-corrected chi connectivity index (χ4v) is 2.32. The highest BCUT2D eigenvalue weighted by molar-refractivity contribution is 5.22. The molecule has 0 saturated heterocycles. The van der Waals surface area contributed by atoms with Gasteiger partial charge < -0.3 is 5.73 Å². The average molecular weight is 276 g/mol. The summed E-state index contributed by atoms with van der Waals surface area (Å²) in [6.45, 7) is 0.922. The Morgan fingerprint density at radius 2 is 1.70 bits per heavy atom. The van der Waals surface area contributed by atoms with Gasteiger partial charge >= 0.3 is 0 Å². The second kappa shape index (κ2) is 6.59. The van der Waals surface area contributed by atoms with E-state index < -0.39 is 0 Å². The van der Waals surface area contributed by atoms with Gasteiger partial charge in [-0.25, -0.2) is 8.78 Å². The Bertz CT molecular complexity index is 572. The average Bonchev–Trinajstić information content (AvgIpc) is 2.39. The highest BCUT2D eigenvalue weighted by Gasteiger charge is 2.16. The van der Waals surface area contributed by atoms with Crippen LogP contribution in [0, 0.1) is 11.6 Å². The van der Waals surface area contributed by atoms with Crippen LogP contribution < -0.4 is 5.73 Å². The van der Waals surface area contributed by atoms with Crippen molar-refractivity contribution in [3.8, 4) is 0 Å². The van der Waals surface area contributed by atoms with Gasteiger partial charge in [-0.2, -0.15) is 0 Å². The molecule has 2 aromatic rings. The molecule has 1 atom stereocenters. The SMILES string of the molecule is CN(Cc1cccc(F)c1)C(CN)c1cccc(F)c1. The van der Waals surface area contributed by atoms with Gasteiger partial charge in [-0.1, -0.05) is 24.3 Å². The Hall–Kier alpha value is -1.78. The third kappa shape index (κ3) is 3.62. The number of benzene rings is 2. The summed E-state index contributed by atoms with van der Waals surface area (Å²) >= 11 is 0. The zero-order chi connectivity index (χ0) is 14.5. The van der Waals surface area contributed by atoms with Crippen LogP contribution in [-0.2, 0) is 6.54 Å². The fraction of sp³-hybridized carbons (Fsp3) is 0.250. The van der Waals surface area contributed by atoms with Crippen molar-refractivity contribution in [2.24, 2.45) is 5.73 Å². The van der Waals surface area contributed by atoms with Crippen LogP contribution >= 0.6 is 0 Å². The fourth-order valence-electron chi connectivity index (χ4n) is 2.32. The number of hydrogen-bond donors (Lipinski definition) is 1. The van der Waals surface area contributed by atoms with E-state index in [1.807, 2.05) is 24.1 Å². The van der Waals surface area contributed by atoms with Crippen molar-refractivity contribution < 1.29 is 8.78 Å². The number of nitrogens with zero attached hydrogens (tertiary/aromatic N) is 1. The van der Waals surface area contributed by atoms with Gasteiger partial charge in [-0.15, -0.1) is 0 Å². The van der Waals surface area contributed by atoms with Gasteiger partial charge in [0.15, 0.2) is 0 Å². The second-order valence-electron chi connectivity index (χ2n) is 4.85. The molecule has 4 heteroatoms. The van der Waals surface area contributed by atoms with Crippen molar-refractivity contribution in [3.05, 3.63) is 71.3 Å². The van der Waals surface area contributed by atoms with Crippen molar-refractivity contribution in [1.82, 2.24) is 4.90 Å². The molecule has 2 aromatic carbocycles. The molecule has 0 aliphatic carbocycles. The molecule has 0 fully saturated rings. The molecule has 0 radical (unpaired) electrons. The molecule has 0 aromatic heterocycles. The van der Waals surface area contributed by atoms with Crippen molar-refractivity contribution in [1.29, 1.82) is 0 Å². The lowest BCUT2D eigenvalue weighted by molar-refractivity contribution is 0.241. The first-order valence-electron chi connectivity index (χ1n) is 6.50. The van der Waals surface area contributed by atoms with E-state index in [4.69, 9.17) is 5.73 Å². The Morgan fingerprint density at radius 1 is 1.05 bits per heavy atom. The summed E-state index contributed by atoms with van der Waals surface area (Å²) in [6.07, 6.45) is 0. The molecule has 106 valence electrons. The van der Waals surface area contributed by atoms with E-state index in [1.54, 1.807) is 12.1 Å². The van der Waals surface area contributed by atoms with E-state index in [2.05, 4.69) is 0 Å². The minimum atomic E-state index is -0.278. The smallest absolute Gasteiger partial charge is 0.123 e. The first-order valence-corrected chi connectivity index (χ1v) is 6.50. The van der Waals surface area contributed by atoms with Crippen LogP contribution in [0.25, 0.3) is 0 Å². The van der Waals surface area contributed by atoms with Crippen molar-refractivity contribution in [2.45, 2.75) is 12.6 Å². The van der Waals surface area contributed by atoms with E-state index in [-0.39, 0.29) is 17.7 Å². The van der Waals surface area contributed by atoms with Gasteiger partial charge in [0.05, 0.1) is 0 Å². The third-order valence-corrected chi connectivity index (χ3v) is 3.31. The molecule has 0 bridgehead atoms. The zero-order valence-electron chi connectivity index (χ0n) is 11.4. The Balaban J connectivity index is 2.15. The van der Waals surface area contributed by atoms with Crippen molar-refractivity contribution >= 4 is 0 Å². The van der Waals surface area contributed by atoms with Crippen LogP contribution in [0.4, 0.5) is 8.78 Å². The van der Waals surface area contributed by atoms with Crippen LogP contribution in [0.2, 0.25) is 0 Å². The first-order chi connectivity index (χ1) is 9.60. The molecule has 0 amide bonds. The van der Waals surface area contributed by atoms with Crippen molar-refractivity contribution in [2.75, 3.05) is 13.6 Å². The van der Waals surface area contributed by atoms with E-state index in [1.165, 1.54) is 24.3 Å². The lowest BCUT2D eigenvalue weighted by atomic mass is 10.0. The summed E-state index contributed by atoms with van der Waals surface area (Å²) in [4.78, 5) is 1.99. The Morgan fingerprint density at radius 3 is 2.30 bits per heavy atom. The minimum Gasteiger partial charge on any atom is -0.329 e. The van der Waals surface area contributed by atoms with Crippen LogP contribution in [0.3, 0.4) is 0 Å². The number of likely N-dealkylation sites (N-methyl/N-ethyl adjacent to an activating group) is 1. The lowest BCUT2D eigenvalue weighted by Crippen LogP contribution is -2.30. The maximum atomic E-state index is 13.3. The third-order valence-electron chi connectivity index (χ3n) is 3.31. The normalized spacial score (nSPS) is 12.7. The molecule has 0 heterocycles. The molecule has 2 rings (SSSR count). The maximum absolute atomic E-state index is 13.3. The summed E-state index contributed by atoms with van der Waals surface area (Å²) in [7, 11) is 1.90. The minimum absolute atomic E-state index is 0.103. The van der Waals surface area contributed by atoms with Crippen LogP contribution in [0.5, 0.6) is 0 Å². The van der Waals surface area contributed by atoms with Crippen LogP contribution in [-0.4, -0.2) is 18.5 Å². The molecule has 0 aliphatic rings. The number of rotatable bonds is 5. The largest absolute Gasteiger partial charge is 0.329 e. The molecule has 0 aliphatic heterocycles. The molecule has 0 spiro atoms. The Kier molecular flexibility index (Phi) is 4.82. The monoisotopic (exact) mass is 276 g/mol. The van der Waals surface area contributed by atoms with Crippen LogP contribution in [0.15, 0.2) is 48.5 Å². The van der Waals surface area contributed by atoms with E-state index in [0.29, 0.717) is 13.1 Å². The Labute approximate surface area is 117 Å². The maximum Gasteiger partial charge on any atom is 0.123 e. The molecule has 2 nitrogen and oxygen atoms in total. The van der Waals surface area contributed by atoms with Gasteiger partial charge in [0.25, 0.3) is 0 Å². The number of halogens is 2. The van der Waals surface area contributed by atoms with Crippen LogP contribution in [0.1, 0.15) is 17.2 Å². The summed E-state index contributed by atoms with van der Waals surface area (Å²) in [5.41, 5.74) is 7.49. The van der Waals surface area contributed by atoms with Gasteiger partial charge in [0, 0.05) is 19.1 Å². The highest BCUT2D eigenvalue weighted by Crippen LogP contribution is 2.21. The molecule has 2 N–H and O–H groups in total. The van der Waals surface area contributed by atoms with Gasteiger partial charge in [0.2, 0.25) is 0 Å². The highest BCUT2D eigenvalue weighted by atomic mass is 19.1. The zero-order valence-corrected chi connectivity index (χ0v) is 11.4. The summed E-state index contributed by atoms with van der Waals surface area (Å²) in [6, 6.07) is 12.8. The molecule has 1 unspecified atom stereocenters. The molecule has 20 heavy (non-hydrogen) atoms.